The lowest BCUT2D eigenvalue weighted by molar-refractivity contribution is 0.0526. The Balaban J connectivity index is 1.22. The molecule has 0 amide bonds. The standard InChI is InChI=1S/C39H38ClNO6S/c1-2-46-39(43)32-14-7-16-34(25-32)47-35-17-8-18-37(26-35)48(44,45)36-21-19-29(20-22-36)12-9-23-41(27-30-10-4-3-5-11-30)28-38(42)31-13-6-15-33(40)24-31/h3-8,10-11,13-22,24-26,38,42H,2,9,12,23,27-28H2,1H3/t38-/m0/s1. The Morgan fingerprint density at radius 3 is 2.23 bits per heavy atom. The van der Waals surface area contributed by atoms with Crippen LogP contribution in [-0.2, 0) is 27.5 Å². The zero-order valence-corrected chi connectivity index (χ0v) is 28.2. The van der Waals surface area contributed by atoms with E-state index in [1.807, 2.05) is 42.5 Å². The normalized spacial score (nSPS) is 12.1. The minimum atomic E-state index is -3.81. The summed E-state index contributed by atoms with van der Waals surface area (Å²) in [7, 11) is -3.81. The molecular formula is C39H38ClNO6S. The van der Waals surface area contributed by atoms with E-state index in [0.717, 1.165) is 36.1 Å². The molecule has 0 saturated carbocycles. The summed E-state index contributed by atoms with van der Waals surface area (Å²) in [6.45, 7) is 3.87. The largest absolute Gasteiger partial charge is 0.462 e. The van der Waals surface area contributed by atoms with Gasteiger partial charge < -0.3 is 14.6 Å². The van der Waals surface area contributed by atoms with Gasteiger partial charge in [-0.25, -0.2) is 13.2 Å². The fraction of sp³-hybridized carbons (Fsp3) is 0.205. The van der Waals surface area contributed by atoms with Crippen LogP contribution in [0.1, 0.15) is 46.5 Å². The van der Waals surface area contributed by atoms with Crippen molar-refractivity contribution in [2.75, 3.05) is 19.7 Å². The van der Waals surface area contributed by atoms with Crippen molar-refractivity contribution in [1.29, 1.82) is 0 Å². The van der Waals surface area contributed by atoms with E-state index in [4.69, 9.17) is 21.1 Å². The first-order chi connectivity index (χ1) is 23.2. The van der Waals surface area contributed by atoms with Crippen molar-refractivity contribution in [2.45, 2.75) is 42.2 Å². The van der Waals surface area contributed by atoms with Crippen LogP contribution in [0.3, 0.4) is 0 Å². The van der Waals surface area contributed by atoms with Gasteiger partial charge in [0, 0.05) is 18.1 Å². The van der Waals surface area contributed by atoms with Crippen molar-refractivity contribution < 1.29 is 27.8 Å². The number of hydrogen-bond acceptors (Lipinski definition) is 7. The number of carbonyl (C=O) groups is 1. The highest BCUT2D eigenvalue weighted by molar-refractivity contribution is 7.91. The maximum Gasteiger partial charge on any atom is 0.338 e. The van der Waals surface area contributed by atoms with Crippen molar-refractivity contribution in [2.24, 2.45) is 0 Å². The summed E-state index contributed by atoms with van der Waals surface area (Å²) in [5.41, 5.74) is 3.29. The molecule has 0 bridgehead atoms. The van der Waals surface area contributed by atoms with Crippen molar-refractivity contribution in [3.05, 3.63) is 155 Å². The van der Waals surface area contributed by atoms with E-state index < -0.39 is 21.9 Å². The van der Waals surface area contributed by atoms with E-state index in [-0.39, 0.29) is 16.4 Å². The Kier molecular flexibility index (Phi) is 12.0. The van der Waals surface area contributed by atoms with E-state index in [1.165, 1.54) is 12.1 Å². The second-order valence-electron chi connectivity index (χ2n) is 11.4. The van der Waals surface area contributed by atoms with Gasteiger partial charge in [0.2, 0.25) is 9.84 Å². The molecule has 0 aliphatic rings. The van der Waals surface area contributed by atoms with Crippen molar-refractivity contribution >= 4 is 27.4 Å². The van der Waals surface area contributed by atoms with Gasteiger partial charge in [0.1, 0.15) is 11.5 Å². The number of nitrogens with zero attached hydrogens (tertiary/aromatic N) is 1. The predicted molar refractivity (Wildman–Crippen MR) is 187 cm³/mol. The van der Waals surface area contributed by atoms with Crippen LogP contribution in [0.4, 0.5) is 0 Å². The highest BCUT2D eigenvalue weighted by Crippen LogP contribution is 2.28. The number of aliphatic hydroxyl groups excluding tert-OH is 1. The van der Waals surface area contributed by atoms with E-state index in [0.29, 0.717) is 35.2 Å². The average molecular weight is 684 g/mol. The SMILES string of the molecule is CCOC(=O)c1cccc(Oc2cccc(S(=O)(=O)c3ccc(CCCN(Cc4ccccc4)C[C@H](O)c4cccc(Cl)c4)cc3)c2)c1. The lowest BCUT2D eigenvalue weighted by Gasteiger charge is -2.25. The van der Waals surface area contributed by atoms with Gasteiger partial charge in [-0.15, -0.1) is 0 Å². The topological polar surface area (TPSA) is 93.1 Å². The molecule has 7 nitrogen and oxygen atoms in total. The van der Waals surface area contributed by atoms with Crippen molar-refractivity contribution in [3.63, 3.8) is 0 Å². The Morgan fingerprint density at radius 2 is 1.50 bits per heavy atom. The third-order valence-corrected chi connectivity index (χ3v) is 9.79. The smallest absolute Gasteiger partial charge is 0.338 e. The van der Waals surface area contributed by atoms with Gasteiger partial charge in [-0.05, 0) is 104 Å². The molecule has 5 aromatic rings. The molecule has 48 heavy (non-hydrogen) atoms. The highest BCUT2D eigenvalue weighted by atomic mass is 35.5. The lowest BCUT2D eigenvalue weighted by Crippen LogP contribution is -2.29. The number of sulfone groups is 1. The van der Waals surface area contributed by atoms with E-state index in [1.54, 1.807) is 67.6 Å². The highest BCUT2D eigenvalue weighted by Gasteiger charge is 2.19. The molecule has 1 atom stereocenters. The van der Waals surface area contributed by atoms with Gasteiger partial charge in [-0.3, -0.25) is 4.90 Å². The van der Waals surface area contributed by atoms with Gasteiger partial charge >= 0.3 is 5.97 Å². The molecule has 0 fully saturated rings. The number of aliphatic hydroxyl groups is 1. The Bertz CT molecular complexity index is 1920. The summed E-state index contributed by atoms with van der Waals surface area (Å²) >= 11 is 6.16. The summed E-state index contributed by atoms with van der Waals surface area (Å²) in [6, 6.07) is 37.2. The molecule has 5 aromatic carbocycles. The Morgan fingerprint density at radius 1 is 0.792 bits per heavy atom. The van der Waals surface area contributed by atoms with Crippen LogP contribution in [-0.4, -0.2) is 44.1 Å². The van der Waals surface area contributed by atoms with Crippen LogP contribution in [0.5, 0.6) is 11.5 Å². The van der Waals surface area contributed by atoms with Crippen LogP contribution in [0.15, 0.2) is 137 Å². The van der Waals surface area contributed by atoms with Gasteiger partial charge in [-0.1, -0.05) is 78.3 Å². The van der Waals surface area contributed by atoms with Gasteiger partial charge in [0.15, 0.2) is 0 Å². The van der Waals surface area contributed by atoms with Crippen LogP contribution in [0, 0.1) is 0 Å². The van der Waals surface area contributed by atoms with Gasteiger partial charge in [-0.2, -0.15) is 0 Å². The zero-order chi connectivity index (χ0) is 33.9. The number of hydrogen-bond donors (Lipinski definition) is 1. The molecule has 0 aliphatic heterocycles. The average Bonchev–Trinajstić information content (AvgIpc) is 3.09. The maximum atomic E-state index is 13.5. The third kappa shape index (κ3) is 9.55. The van der Waals surface area contributed by atoms with Gasteiger partial charge in [0.25, 0.3) is 0 Å². The maximum absolute atomic E-state index is 13.5. The minimum Gasteiger partial charge on any atom is -0.462 e. The summed E-state index contributed by atoms with van der Waals surface area (Å²) in [4.78, 5) is 14.6. The predicted octanol–water partition coefficient (Wildman–Crippen LogP) is 8.31. The first-order valence-electron chi connectivity index (χ1n) is 15.8. The molecule has 0 aromatic heterocycles. The molecule has 0 aliphatic carbocycles. The van der Waals surface area contributed by atoms with Crippen LogP contribution >= 0.6 is 11.6 Å². The van der Waals surface area contributed by atoms with Crippen molar-refractivity contribution in [3.8, 4) is 11.5 Å². The Hall–Kier alpha value is -4.47. The monoisotopic (exact) mass is 683 g/mol. The second-order valence-corrected chi connectivity index (χ2v) is 13.8. The molecule has 248 valence electrons. The number of aryl methyl sites for hydroxylation is 1. The van der Waals surface area contributed by atoms with Crippen LogP contribution in [0.2, 0.25) is 5.02 Å². The number of ether oxygens (including phenoxy) is 2. The zero-order valence-electron chi connectivity index (χ0n) is 26.7. The fourth-order valence-electron chi connectivity index (χ4n) is 5.36. The summed E-state index contributed by atoms with van der Waals surface area (Å²) in [6.07, 6.45) is 0.876. The van der Waals surface area contributed by atoms with Gasteiger partial charge in [0.05, 0.1) is 28.1 Å². The number of carbonyl (C=O) groups excluding carboxylic acids is 1. The molecule has 0 unspecified atom stereocenters. The molecule has 5 rings (SSSR count). The van der Waals surface area contributed by atoms with Crippen molar-refractivity contribution in [1.82, 2.24) is 4.90 Å². The van der Waals surface area contributed by atoms with E-state index >= 15 is 0 Å². The molecular weight excluding hydrogens is 646 g/mol. The number of benzene rings is 5. The molecule has 0 saturated heterocycles. The Labute approximate surface area is 287 Å². The molecule has 0 heterocycles. The molecule has 1 N–H and O–H groups in total. The first-order valence-corrected chi connectivity index (χ1v) is 17.7. The van der Waals surface area contributed by atoms with E-state index in [9.17, 15) is 18.3 Å². The number of halogens is 1. The summed E-state index contributed by atoms with van der Waals surface area (Å²) in [5.74, 6) is 0.259. The number of rotatable bonds is 15. The summed E-state index contributed by atoms with van der Waals surface area (Å²) < 4.78 is 38.0. The summed E-state index contributed by atoms with van der Waals surface area (Å²) in [5, 5.41) is 11.6. The quantitative estimate of drug-likeness (QED) is 0.111. The molecule has 0 spiro atoms. The van der Waals surface area contributed by atoms with Crippen LogP contribution < -0.4 is 4.74 Å². The number of esters is 1. The molecule has 9 heteroatoms. The first kappa shape index (κ1) is 34.9. The fourth-order valence-corrected chi connectivity index (χ4v) is 6.85. The minimum absolute atomic E-state index is 0.101. The van der Waals surface area contributed by atoms with Crippen LogP contribution in [0.25, 0.3) is 0 Å². The molecule has 0 radical (unpaired) electrons. The third-order valence-electron chi connectivity index (χ3n) is 7.78. The van der Waals surface area contributed by atoms with E-state index in [2.05, 4.69) is 17.0 Å². The second kappa shape index (κ2) is 16.6. The lowest BCUT2D eigenvalue weighted by atomic mass is 10.1.